The first-order chi connectivity index (χ1) is 10.5. The van der Waals surface area contributed by atoms with E-state index in [1.165, 1.54) is 32.1 Å². The highest BCUT2D eigenvalue weighted by molar-refractivity contribution is 5.83. The number of nitrogens with zero attached hydrogens (tertiary/aromatic N) is 1. The van der Waals surface area contributed by atoms with E-state index in [-0.39, 0.29) is 11.3 Å². The molecular formula is C18H37N3O. The molecule has 1 heterocycles. The average molecular weight is 312 g/mol. The fourth-order valence-electron chi connectivity index (χ4n) is 3.28. The Labute approximate surface area is 137 Å². The number of carbonyl (C=O) groups is 1. The van der Waals surface area contributed by atoms with Crippen molar-refractivity contribution in [3.05, 3.63) is 0 Å². The number of carbonyl (C=O) groups excluding carboxylic acids is 1. The van der Waals surface area contributed by atoms with Crippen LogP contribution in [0.4, 0.5) is 0 Å². The molecule has 0 saturated carbocycles. The molecule has 0 bridgehead atoms. The van der Waals surface area contributed by atoms with Gasteiger partial charge in [0, 0.05) is 26.2 Å². The van der Waals surface area contributed by atoms with Gasteiger partial charge in [-0.2, -0.15) is 0 Å². The van der Waals surface area contributed by atoms with Crippen molar-refractivity contribution in [1.82, 2.24) is 15.5 Å². The molecule has 0 aliphatic carbocycles. The van der Waals surface area contributed by atoms with Crippen LogP contribution in [0.2, 0.25) is 0 Å². The highest BCUT2D eigenvalue weighted by Crippen LogP contribution is 2.30. The molecule has 1 rings (SSSR count). The van der Waals surface area contributed by atoms with Crippen molar-refractivity contribution in [1.29, 1.82) is 0 Å². The van der Waals surface area contributed by atoms with Crippen LogP contribution in [0.3, 0.4) is 0 Å². The minimum atomic E-state index is -0.151. The molecule has 0 aromatic heterocycles. The van der Waals surface area contributed by atoms with Gasteiger partial charge in [-0.05, 0) is 39.3 Å². The van der Waals surface area contributed by atoms with Crippen LogP contribution in [-0.4, -0.2) is 50.6 Å². The van der Waals surface area contributed by atoms with E-state index in [2.05, 4.69) is 36.3 Å². The molecule has 0 radical (unpaired) electrons. The second-order valence-electron chi connectivity index (χ2n) is 7.60. The largest absolute Gasteiger partial charge is 0.356 e. The van der Waals surface area contributed by atoms with E-state index in [1.807, 2.05) is 7.05 Å². The smallest absolute Gasteiger partial charge is 0.228 e. The summed E-state index contributed by atoms with van der Waals surface area (Å²) >= 11 is 0. The minimum Gasteiger partial charge on any atom is -0.356 e. The number of hydrogen-bond donors (Lipinski definition) is 2. The van der Waals surface area contributed by atoms with Crippen molar-refractivity contribution in [3.8, 4) is 0 Å². The first kappa shape index (κ1) is 19.4. The van der Waals surface area contributed by atoms with Crippen molar-refractivity contribution in [2.24, 2.45) is 11.3 Å². The van der Waals surface area contributed by atoms with Crippen molar-refractivity contribution >= 4 is 5.91 Å². The normalized spacial score (nSPS) is 17.5. The van der Waals surface area contributed by atoms with Gasteiger partial charge in [0.1, 0.15) is 0 Å². The summed E-state index contributed by atoms with van der Waals surface area (Å²) in [5.74, 6) is 0.933. The molecule has 4 nitrogen and oxygen atoms in total. The van der Waals surface area contributed by atoms with Crippen LogP contribution in [0, 0.1) is 11.3 Å². The Balaban J connectivity index is 1.98. The molecule has 0 aromatic carbocycles. The topological polar surface area (TPSA) is 44.4 Å². The van der Waals surface area contributed by atoms with Gasteiger partial charge < -0.3 is 15.5 Å². The predicted octanol–water partition coefficient (Wildman–Crippen LogP) is 2.64. The van der Waals surface area contributed by atoms with Gasteiger partial charge in [0.25, 0.3) is 0 Å². The van der Waals surface area contributed by atoms with E-state index in [1.54, 1.807) is 0 Å². The highest BCUT2D eigenvalue weighted by Gasteiger charge is 2.44. The van der Waals surface area contributed by atoms with Crippen LogP contribution >= 0.6 is 0 Å². The van der Waals surface area contributed by atoms with Gasteiger partial charge in [0.2, 0.25) is 5.91 Å². The van der Waals surface area contributed by atoms with E-state index in [4.69, 9.17) is 0 Å². The summed E-state index contributed by atoms with van der Waals surface area (Å²) in [6.07, 6.45) is 7.55. The quantitative estimate of drug-likeness (QED) is 0.545. The van der Waals surface area contributed by atoms with E-state index in [0.717, 1.165) is 39.1 Å². The van der Waals surface area contributed by atoms with Gasteiger partial charge >= 0.3 is 0 Å². The standard InChI is InChI=1S/C18H37N3O/c1-16(2)13-21-14-18(3,15-21)17(22)20-12-10-8-6-5-7-9-11-19-4/h16,19H,5-15H2,1-4H3,(H,20,22). The first-order valence-corrected chi connectivity index (χ1v) is 9.13. The summed E-state index contributed by atoms with van der Waals surface area (Å²) < 4.78 is 0. The second-order valence-corrected chi connectivity index (χ2v) is 7.60. The first-order valence-electron chi connectivity index (χ1n) is 9.13. The molecule has 2 N–H and O–H groups in total. The fraction of sp³-hybridized carbons (Fsp3) is 0.944. The summed E-state index contributed by atoms with van der Waals surface area (Å²) in [6, 6.07) is 0. The molecule has 0 atom stereocenters. The molecule has 0 aromatic rings. The van der Waals surface area contributed by atoms with E-state index in [9.17, 15) is 4.79 Å². The highest BCUT2D eigenvalue weighted by atomic mass is 16.2. The summed E-state index contributed by atoms with van der Waals surface area (Å²) in [5.41, 5.74) is -0.151. The zero-order valence-corrected chi connectivity index (χ0v) is 15.2. The predicted molar refractivity (Wildman–Crippen MR) is 94.0 cm³/mol. The zero-order valence-electron chi connectivity index (χ0n) is 15.2. The molecule has 130 valence electrons. The van der Waals surface area contributed by atoms with Crippen LogP contribution in [0.1, 0.15) is 59.3 Å². The molecule has 22 heavy (non-hydrogen) atoms. The van der Waals surface area contributed by atoms with Gasteiger partial charge in [-0.3, -0.25) is 4.79 Å². The van der Waals surface area contributed by atoms with E-state index < -0.39 is 0 Å². The van der Waals surface area contributed by atoms with Crippen molar-refractivity contribution in [2.75, 3.05) is 39.8 Å². The summed E-state index contributed by atoms with van der Waals surface area (Å²) in [4.78, 5) is 14.6. The van der Waals surface area contributed by atoms with Crippen molar-refractivity contribution in [3.63, 3.8) is 0 Å². The molecule has 1 fully saturated rings. The van der Waals surface area contributed by atoms with Crippen molar-refractivity contribution < 1.29 is 4.79 Å². The Morgan fingerprint density at radius 1 is 1.05 bits per heavy atom. The monoisotopic (exact) mass is 311 g/mol. The number of likely N-dealkylation sites (tertiary alicyclic amines) is 1. The van der Waals surface area contributed by atoms with Gasteiger partial charge in [0.05, 0.1) is 5.41 Å². The Morgan fingerprint density at radius 3 is 2.14 bits per heavy atom. The van der Waals surface area contributed by atoms with Crippen LogP contribution < -0.4 is 10.6 Å². The number of rotatable bonds is 12. The zero-order chi connectivity index (χ0) is 16.4. The lowest BCUT2D eigenvalue weighted by Crippen LogP contribution is -2.62. The molecule has 1 aliphatic rings. The Hall–Kier alpha value is -0.610. The van der Waals surface area contributed by atoms with E-state index >= 15 is 0 Å². The van der Waals surface area contributed by atoms with Gasteiger partial charge in [0.15, 0.2) is 0 Å². The minimum absolute atomic E-state index is 0.151. The number of nitrogens with one attached hydrogen (secondary N) is 2. The average Bonchev–Trinajstić information content (AvgIpc) is 2.43. The van der Waals surface area contributed by atoms with Gasteiger partial charge in [-0.25, -0.2) is 0 Å². The van der Waals surface area contributed by atoms with Crippen molar-refractivity contribution in [2.45, 2.75) is 59.3 Å². The SMILES string of the molecule is CNCCCCCCCCNC(=O)C1(C)CN(CC(C)C)C1. The molecule has 1 saturated heterocycles. The Kier molecular flexibility index (Phi) is 9.03. The van der Waals surface area contributed by atoms with Crippen LogP contribution in [0.5, 0.6) is 0 Å². The third-order valence-electron chi connectivity index (χ3n) is 4.46. The molecular weight excluding hydrogens is 274 g/mol. The van der Waals surface area contributed by atoms with E-state index in [0.29, 0.717) is 5.92 Å². The second kappa shape index (κ2) is 10.2. The van der Waals surface area contributed by atoms with Crippen LogP contribution in [-0.2, 0) is 4.79 Å². The maximum absolute atomic E-state index is 12.2. The Bertz CT molecular complexity index is 311. The summed E-state index contributed by atoms with van der Waals surface area (Å²) in [7, 11) is 2.01. The lowest BCUT2D eigenvalue weighted by Gasteiger charge is -2.47. The van der Waals surface area contributed by atoms with Crippen LogP contribution in [0.25, 0.3) is 0 Å². The molecule has 1 aliphatic heterocycles. The summed E-state index contributed by atoms with van der Waals surface area (Å²) in [5, 5.41) is 6.31. The molecule has 0 spiro atoms. The summed E-state index contributed by atoms with van der Waals surface area (Å²) in [6.45, 7) is 11.5. The Morgan fingerprint density at radius 2 is 1.59 bits per heavy atom. The third kappa shape index (κ3) is 7.10. The molecule has 1 amide bonds. The number of unbranched alkanes of at least 4 members (excludes halogenated alkanes) is 5. The number of hydrogen-bond acceptors (Lipinski definition) is 3. The van der Waals surface area contributed by atoms with Gasteiger partial charge in [-0.15, -0.1) is 0 Å². The fourth-order valence-corrected chi connectivity index (χ4v) is 3.28. The lowest BCUT2D eigenvalue weighted by atomic mass is 9.80. The maximum atomic E-state index is 12.2. The molecule has 0 unspecified atom stereocenters. The maximum Gasteiger partial charge on any atom is 0.228 e. The number of amides is 1. The van der Waals surface area contributed by atoms with Crippen LogP contribution in [0.15, 0.2) is 0 Å². The van der Waals surface area contributed by atoms with Gasteiger partial charge in [-0.1, -0.05) is 39.5 Å². The third-order valence-corrected chi connectivity index (χ3v) is 4.46. The lowest BCUT2D eigenvalue weighted by molar-refractivity contribution is -0.140. The molecule has 4 heteroatoms.